The van der Waals surface area contributed by atoms with Gasteiger partial charge < -0.3 is 14.6 Å². The lowest BCUT2D eigenvalue weighted by molar-refractivity contribution is -0.150. The van der Waals surface area contributed by atoms with Crippen molar-refractivity contribution in [3.63, 3.8) is 0 Å². The predicted molar refractivity (Wildman–Crippen MR) is 73.7 cm³/mol. The second kappa shape index (κ2) is 6.65. The Morgan fingerprint density at radius 2 is 2.05 bits per heavy atom. The molecule has 1 aromatic heterocycles. The van der Waals surface area contributed by atoms with Crippen molar-refractivity contribution in [2.24, 2.45) is 0 Å². The van der Waals surface area contributed by atoms with Gasteiger partial charge in [-0.15, -0.1) is 0 Å². The lowest BCUT2D eigenvalue weighted by Crippen LogP contribution is -2.26. The molecule has 7 heteroatoms. The van der Waals surface area contributed by atoms with Crippen LogP contribution in [0.2, 0.25) is 0 Å². The Labute approximate surface area is 121 Å². The molecule has 0 aliphatic carbocycles. The zero-order valence-corrected chi connectivity index (χ0v) is 11.7. The fourth-order valence-electron chi connectivity index (χ4n) is 1.66. The quantitative estimate of drug-likeness (QED) is 0.835. The molecule has 0 aliphatic heterocycles. The van der Waals surface area contributed by atoms with Crippen LogP contribution in [0.1, 0.15) is 13.8 Å². The Balaban J connectivity index is 2.14. The Hall–Kier alpha value is -2.70. The highest BCUT2D eigenvalue weighted by atomic mass is 16.6. The normalized spacial score (nSPS) is 11.7. The summed E-state index contributed by atoms with van der Waals surface area (Å²) in [5, 5.41) is 10.0. The van der Waals surface area contributed by atoms with Crippen LogP contribution in [-0.4, -0.2) is 38.7 Å². The topological polar surface area (TPSA) is 94.4 Å². The van der Waals surface area contributed by atoms with Crippen LogP contribution in [0.5, 0.6) is 11.5 Å². The molecule has 0 amide bonds. The van der Waals surface area contributed by atoms with Gasteiger partial charge in [-0.25, -0.2) is 19.7 Å². The van der Waals surface area contributed by atoms with E-state index in [1.54, 1.807) is 26.0 Å². The molecule has 0 spiro atoms. The second-order valence-corrected chi connectivity index (χ2v) is 4.15. The van der Waals surface area contributed by atoms with E-state index in [0.717, 1.165) is 0 Å². The van der Waals surface area contributed by atoms with Gasteiger partial charge in [-0.2, -0.15) is 0 Å². The minimum absolute atomic E-state index is 0.0465. The van der Waals surface area contributed by atoms with Gasteiger partial charge in [0.15, 0.2) is 11.9 Å². The number of hydrogen-bond acceptors (Lipinski definition) is 7. The Bertz CT molecular complexity index is 619. The van der Waals surface area contributed by atoms with Crippen LogP contribution in [-0.2, 0) is 9.53 Å². The number of aromatic hydroxyl groups is 1. The molecule has 1 aromatic carbocycles. The zero-order valence-electron chi connectivity index (χ0n) is 11.7. The summed E-state index contributed by atoms with van der Waals surface area (Å²) in [6, 6.07) is 4.63. The fourth-order valence-corrected chi connectivity index (χ4v) is 1.66. The largest absolute Gasteiger partial charge is 0.507 e. The van der Waals surface area contributed by atoms with E-state index >= 15 is 0 Å². The van der Waals surface area contributed by atoms with Crippen LogP contribution in [0.25, 0.3) is 11.4 Å². The number of nitrogens with zero attached hydrogens (tertiary/aromatic N) is 3. The number of ether oxygens (including phenoxy) is 2. The van der Waals surface area contributed by atoms with E-state index in [1.165, 1.54) is 18.7 Å². The van der Waals surface area contributed by atoms with Gasteiger partial charge in [-0.3, -0.25) is 0 Å². The van der Waals surface area contributed by atoms with E-state index in [0.29, 0.717) is 17.1 Å². The van der Waals surface area contributed by atoms with Gasteiger partial charge in [0.05, 0.1) is 12.2 Å². The van der Waals surface area contributed by atoms with E-state index in [-0.39, 0.29) is 12.4 Å². The zero-order chi connectivity index (χ0) is 15.2. The van der Waals surface area contributed by atoms with Gasteiger partial charge in [0.25, 0.3) is 0 Å². The molecule has 21 heavy (non-hydrogen) atoms. The third-order valence-corrected chi connectivity index (χ3v) is 2.63. The highest BCUT2D eigenvalue weighted by molar-refractivity contribution is 5.74. The minimum atomic E-state index is -0.757. The van der Waals surface area contributed by atoms with Crippen molar-refractivity contribution in [1.29, 1.82) is 0 Å². The number of benzene rings is 1. The standard InChI is InChI=1S/C14H15N3O4/c1-3-20-14(19)9(2)21-10-4-5-11(12(18)6-10)13-16-7-15-8-17-13/h4-9,18H,3H2,1-2H3. The Morgan fingerprint density at radius 1 is 1.33 bits per heavy atom. The maximum Gasteiger partial charge on any atom is 0.347 e. The van der Waals surface area contributed by atoms with Crippen LogP contribution >= 0.6 is 0 Å². The second-order valence-electron chi connectivity index (χ2n) is 4.15. The molecular formula is C14H15N3O4. The van der Waals surface area contributed by atoms with Gasteiger partial charge in [0.2, 0.25) is 0 Å². The molecule has 0 aliphatic rings. The van der Waals surface area contributed by atoms with Crippen LogP contribution < -0.4 is 4.74 Å². The molecule has 7 nitrogen and oxygen atoms in total. The molecular weight excluding hydrogens is 274 g/mol. The van der Waals surface area contributed by atoms with Crippen molar-refractivity contribution in [3.05, 3.63) is 30.9 Å². The van der Waals surface area contributed by atoms with E-state index in [9.17, 15) is 9.90 Å². The third kappa shape index (κ3) is 3.65. The summed E-state index contributed by atoms with van der Waals surface area (Å²) in [6.07, 6.45) is 1.93. The number of hydrogen-bond donors (Lipinski definition) is 1. The number of esters is 1. The molecule has 1 N–H and O–H groups in total. The van der Waals surface area contributed by atoms with Gasteiger partial charge in [-0.05, 0) is 26.0 Å². The number of aromatic nitrogens is 3. The first kappa shape index (κ1) is 14.7. The highest BCUT2D eigenvalue weighted by Crippen LogP contribution is 2.30. The van der Waals surface area contributed by atoms with Crippen molar-refractivity contribution >= 4 is 5.97 Å². The van der Waals surface area contributed by atoms with Gasteiger partial charge >= 0.3 is 5.97 Å². The average molecular weight is 289 g/mol. The molecule has 1 atom stereocenters. The molecule has 0 bridgehead atoms. The molecule has 0 radical (unpaired) electrons. The molecule has 0 saturated carbocycles. The smallest absolute Gasteiger partial charge is 0.347 e. The molecule has 0 saturated heterocycles. The molecule has 1 heterocycles. The molecule has 2 rings (SSSR count). The monoisotopic (exact) mass is 289 g/mol. The summed E-state index contributed by atoms with van der Waals surface area (Å²) in [7, 11) is 0. The van der Waals surface area contributed by atoms with Crippen LogP contribution in [0.4, 0.5) is 0 Å². The molecule has 0 fully saturated rings. The van der Waals surface area contributed by atoms with E-state index < -0.39 is 12.1 Å². The number of carbonyl (C=O) groups excluding carboxylic acids is 1. The fraction of sp³-hybridized carbons (Fsp3) is 0.286. The first-order valence-electron chi connectivity index (χ1n) is 6.40. The summed E-state index contributed by atoms with van der Waals surface area (Å²) >= 11 is 0. The highest BCUT2D eigenvalue weighted by Gasteiger charge is 2.16. The number of rotatable bonds is 5. The van der Waals surface area contributed by atoms with Gasteiger partial charge in [0, 0.05) is 6.07 Å². The first-order chi connectivity index (χ1) is 10.1. The lowest BCUT2D eigenvalue weighted by Gasteiger charge is -2.14. The van der Waals surface area contributed by atoms with Gasteiger partial charge in [-0.1, -0.05) is 0 Å². The maximum absolute atomic E-state index is 11.5. The summed E-state index contributed by atoms with van der Waals surface area (Å²) in [5.41, 5.74) is 0.452. The maximum atomic E-state index is 11.5. The Kier molecular flexibility index (Phi) is 4.65. The van der Waals surface area contributed by atoms with Gasteiger partial charge in [0.1, 0.15) is 24.2 Å². The van der Waals surface area contributed by atoms with E-state index in [1.807, 2.05) is 0 Å². The number of phenolic OH excluding ortho intramolecular Hbond substituents is 1. The number of carbonyl (C=O) groups is 1. The van der Waals surface area contributed by atoms with Crippen LogP contribution in [0.15, 0.2) is 30.9 Å². The molecule has 110 valence electrons. The van der Waals surface area contributed by atoms with Crippen LogP contribution in [0, 0.1) is 0 Å². The average Bonchev–Trinajstić information content (AvgIpc) is 2.48. The SMILES string of the molecule is CCOC(=O)C(C)Oc1ccc(-c2ncncn2)c(O)c1. The van der Waals surface area contributed by atoms with E-state index in [2.05, 4.69) is 15.0 Å². The van der Waals surface area contributed by atoms with Crippen molar-refractivity contribution in [2.75, 3.05) is 6.61 Å². The molecule has 1 unspecified atom stereocenters. The van der Waals surface area contributed by atoms with Crippen LogP contribution in [0.3, 0.4) is 0 Å². The minimum Gasteiger partial charge on any atom is -0.507 e. The lowest BCUT2D eigenvalue weighted by atomic mass is 10.2. The van der Waals surface area contributed by atoms with E-state index in [4.69, 9.17) is 9.47 Å². The van der Waals surface area contributed by atoms with Crippen molar-refractivity contribution < 1.29 is 19.4 Å². The summed E-state index contributed by atoms with van der Waals surface area (Å²) < 4.78 is 10.3. The summed E-state index contributed by atoms with van der Waals surface area (Å²) in [5.74, 6) is 0.201. The molecule has 2 aromatic rings. The first-order valence-corrected chi connectivity index (χ1v) is 6.40. The predicted octanol–water partition coefficient (Wildman–Crippen LogP) is 1.57. The Morgan fingerprint density at radius 3 is 2.67 bits per heavy atom. The summed E-state index contributed by atoms with van der Waals surface area (Å²) in [6.45, 7) is 3.59. The number of phenols is 1. The third-order valence-electron chi connectivity index (χ3n) is 2.63. The summed E-state index contributed by atoms with van der Waals surface area (Å²) in [4.78, 5) is 23.1. The van der Waals surface area contributed by atoms with Crippen molar-refractivity contribution in [2.45, 2.75) is 20.0 Å². The van der Waals surface area contributed by atoms with Crippen molar-refractivity contribution in [1.82, 2.24) is 15.0 Å². The van der Waals surface area contributed by atoms with Crippen molar-refractivity contribution in [3.8, 4) is 22.9 Å².